The van der Waals surface area contributed by atoms with Crippen LogP contribution < -0.4 is 19.5 Å². The fraction of sp³-hybridized carbons (Fsp3) is 0.158. The molecule has 1 N–H and O–H groups in total. The van der Waals surface area contributed by atoms with Crippen molar-refractivity contribution in [1.82, 2.24) is 9.97 Å². The summed E-state index contributed by atoms with van der Waals surface area (Å²) in [6, 6.07) is 13.6. The molecule has 0 aliphatic carbocycles. The van der Waals surface area contributed by atoms with Gasteiger partial charge in [-0.3, -0.25) is 10.1 Å². The van der Waals surface area contributed by atoms with Gasteiger partial charge in [0.2, 0.25) is 5.82 Å². The Morgan fingerprint density at radius 2 is 1.64 bits per heavy atom. The molecule has 1 aromatic heterocycles. The van der Waals surface area contributed by atoms with Gasteiger partial charge in [-0.05, 0) is 55.5 Å². The molecule has 0 atom stereocenters. The third-order valence-electron chi connectivity index (χ3n) is 3.67. The molecule has 0 aliphatic heterocycles. The van der Waals surface area contributed by atoms with Gasteiger partial charge in [0.05, 0.1) is 18.6 Å². The number of hydrogen-bond acceptors (Lipinski definition) is 8. The van der Waals surface area contributed by atoms with Crippen LogP contribution in [0, 0.1) is 10.1 Å². The first-order chi connectivity index (χ1) is 13.6. The van der Waals surface area contributed by atoms with Crippen LogP contribution >= 0.6 is 0 Å². The molecular formula is C19H18N4O5. The average molecular weight is 382 g/mol. The smallest absolute Gasteiger partial charge is 0.373 e. The van der Waals surface area contributed by atoms with E-state index in [-0.39, 0.29) is 17.4 Å². The van der Waals surface area contributed by atoms with E-state index in [1.807, 2.05) is 6.92 Å². The van der Waals surface area contributed by atoms with Crippen molar-refractivity contribution in [2.24, 2.45) is 0 Å². The Labute approximate surface area is 161 Å². The maximum atomic E-state index is 11.6. The number of aromatic nitrogens is 2. The summed E-state index contributed by atoms with van der Waals surface area (Å²) in [6.07, 6.45) is 1.20. The molecule has 9 nitrogen and oxygen atoms in total. The molecule has 2 aromatic carbocycles. The fourth-order valence-electron chi connectivity index (χ4n) is 2.39. The van der Waals surface area contributed by atoms with E-state index in [1.165, 1.54) is 6.33 Å². The van der Waals surface area contributed by atoms with Gasteiger partial charge in [-0.25, -0.2) is 4.98 Å². The first kappa shape index (κ1) is 18.9. The molecule has 0 saturated carbocycles. The second kappa shape index (κ2) is 8.67. The highest BCUT2D eigenvalue weighted by atomic mass is 16.6. The molecule has 144 valence electrons. The van der Waals surface area contributed by atoms with Gasteiger partial charge in [-0.1, -0.05) is 0 Å². The summed E-state index contributed by atoms with van der Waals surface area (Å²) < 4.78 is 16.1. The average Bonchev–Trinajstić information content (AvgIpc) is 2.70. The predicted octanol–water partition coefficient (Wildman–Crippen LogP) is 4.33. The van der Waals surface area contributed by atoms with Gasteiger partial charge in [-0.15, -0.1) is 0 Å². The van der Waals surface area contributed by atoms with Crippen LogP contribution in [-0.2, 0) is 0 Å². The molecule has 0 aliphatic rings. The molecule has 0 unspecified atom stereocenters. The van der Waals surface area contributed by atoms with Crippen LogP contribution in [0.5, 0.6) is 23.1 Å². The van der Waals surface area contributed by atoms with Crippen LogP contribution in [0.4, 0.5) is 17.2 Å². The minimum absolute atomic E-state index is 0.0210. The van der Waals surface area contributed by atoms with E-state index in [9.17, 15) is 10.1 Å². The lowest BCUT2D eigenvalue weighted by atomic mass is 10.3. The first-order valence-electron chi connectivity index (χ1n) is 8.42. The molecule has 3 rings (SSSR count). The second-order valence-electron chi connectivity index (χ2n) is 5.49. The maximum absolute atomic E-state index is 11.6. The Kier molecular flexibility index (Phi) is 5.85. The minimum Gasteiger partial charge on any atom is -0.497 e. The molecule has 3 aromatic rings. The molecule has 0 fully saturated rings. The number of methoxy groups -OCH3 is 1. The van der Waals surface area contributed by atoms with E-state index in [1.54, 1.807) is 55.6 Å². The van der Waals surface area contributed by atoms with E-state index < -0.39 is 4.92 Å². The largest absolute Gasteiger partial charge is 0.497 e. The fourth-order valence-corrected chi connectivity index (χ4v) is 2.39. The van der Waals surface area contributed by atoms with E-state index in [0.29, 0.717) is 29.5 Å². The number of hydrogen-bond donors (Lipinski definition) is 1. The zero-order valence-corrected chi connectivity index (χ0v) is 15.3. The summed E-state index contributed by atoms with van der Waals surface area (Å²) in [5.74, 6) is 1.58. The third kappa shape index (κ3) is 4.44. The van der Waals surface area contributed by atoms with Crippen molar-refractivity contribution in [3.63, 3.8) is 0 Å². The lowest BCUT2D eigenvalue weighted by molar-refractivity contribution is -0.385. The number of ether oxygens (including phenoxy) is 3. The van der Waals surface area contributed by atoms with Gasteiger partial charge < -0.3 is 19.5 Å². The van der Waals surface area contributed by atoms with E-state index in [0.717, 1.165) is 0 Å². The monoisotopic (exact) mass is 382 g/mol. The van der Waals surface area contributed by atoms with Gasteiger partial charge in [0, 0.05) is 5.69 Å². The molecule has 1 heterocycles. The molecule has 0 radical (unpaired) electrons. The number of rotatable bonds is 8. The number of nitro groups is 1. The Bertz CT molecular complexity index is 946. The predicted molar refractivity (Wildman–Crippen MR) is 103 cm³/mol. The summed E-state index contributed by atoms with van der Waals surface area (Å²) in [5, 5.41) is 14.5. The van der Waals surface area contributed by atoms with Crippen molar-refractivity contribution in [3.05, 3.63) is 65.0 Å². The summed E-state index contributed by atoms with van der Waals surface area (Å²) >= 11 is 0. The van der Waals surface area contributed by atoms with Crippen LogP contribution in [0.1, 0.15) is 6.92 Å². The Balaban J connectivity index is 1.87. The zero-order chi connectivity index (χ0) is 19.9. The standard InChI is InChI=1S/C19H18N4O5/c1-3-27-15-6-4-13(5-7-15)22-18-17(23(24)25)19(21-12-20-18)28-16-10-8-14(26-2)9-11-16/h4-12H,3H2,1-2H3,(H,20,21,22). The zero-order valence-electron chi connectivity index (χ0n) is 15.3. The number of anilines is 2. The van der Waals surface area contributed by atoms with Crippen molar-refractivity contribution in [3.8, 4) is 23.1 Å². The quantitative estimate of drug-likeness (QED) is 0.453. The Morgan fingerprint density at radius 3 is 2.25 bits per heavy atom. The number of nitrogens with one attached hydrogen (secondary N) is 1. The Hall–Kier alpha value is -3.88. The first-order valence-corrected chi connectivity index (χ1v) is 8.42. The lowest BCUT2D eigenvalue weighted by Crippen LogP contribution is -2.03. The topological polar surface area (TPSA) is 109 Å². The van der Waals surface area contributed by atoms with Crippen LogP contribution in [0.15, 0.2) is 54.9 Å². The lowest BCUT2D eigenvalue weighted by Gasteiger charge is -2.10. The van der Waals surface area contributed by atoms with Crippen LogP contribution in [-0.4, -0.2) is 28.6 Å². The number of benzene rings is 2. The van der Waals surface area contributed by atoms with E-state index in [2.05, 4.69) is 15.3 Å². The van der Waals surface area contributed by atoms with E-state index in [4.69, 9.17) is 14.2 Å². The molecule has 0 spiro atoms. The summed E-state index contributed by atoms with van der Waals surface area (Å²) in [6.45, 7) is 2.44. The van der Waals surface area contributed by atoms with Crippen LogP contribution in [0.25, 0.3) is 0 Å². The maximum Gasteiger partial charge on any atom is 0.373 e. The second-order valence-corrected chi connectivity index (χ2v) is 5.49. The number of nitrogens with zero attached hydrogens (tertiary/aromatic N) is 3. The highest BCUT2D eigenvalue weighted by molar-refractivity contribution is 5.69. The van der Waals surface area contributed by atoms with Gasteiger partial charge in [-0.2, -0.15) is 4.98 Å². The highest BCUT2D eigenvalue weighted by Gasteiger charge is 2.25. The summed E-state index contributed by atoms with van der Waals surface area (Å²) in [7, 11) is 1.55. The molecular weight excluding hydrogens is 364 g/mol. The highest BCUT2D eigenvalue weighted by Crippen LogP contribution is 2.35. The van der Waals surface area contributed by atoms with Crippen molar-refractivity contribution in [2.45, 2.75) is 6.92 Å². The minimum atomic E-state index is -0.588. The van der Waals surface area contributed by atoms with Gasteiger partial charge >= 0.3 is 11.6 Å². The van der Waals surface area contributed by atoms with Gasteiger partial charge in [0.25, 0.3) is 0 Å². The SMILES string of the molecule is CCOc1ccc(Nc2ncnc(Oc3ccc(OC)cc3)c2[N+](=O)[O-])cc1. The van der Waals surface area contributed by atoms with Crippen LogP contribution in [0.2, 0.25) is 0 Å². The van der Waals surface area contributed by atoms with Crippen LogP contribution in [0.3, 0.4) is 0 Å². The molecule has 28 heavy (non-hydrogen) atoms. The third-order valence-corrected chi connectivity index (χ3v) is 3.67. The molecule has 0 bridgehead atoms. The molecule has 0 amide bonds. The summed E-state index contributed by atoms with van der Waals surface area (Å²) in [5.41, 5.74) is 0.243. The van der Waals surface area contributed by atoms with Gasteiger partial charge in [0.1, 0.15) is 23.6 Å². The normalized spacial score (nSPS) is 10.2. The van der Waals surface area contributed by atoms with Crippen molar-refractivity contribution in [2.75, 3.05) is 19.0 Å². The Morgan fingerprint density at radius 1 is 1.00 bits per heavy atom. The van der Waals surface area contributed by atoms with Crippen molar-refractivity contribution in [1.29, 1.82) is 0 Å². The van der Waals surface area contributed by atoms with Crippen molar-refractivity contribution < 1.29 is 19.1 Å². The van der Waals surface area contributed by atoms with Crippen molar-refractivity contribution >= 4 is 17.2 Å². The van der Waals surface area contributed by atoms with Gasteiger partial charge in [0.15, 0.2) is 0 Å². The van der Waals surface area contributed by atoms with E-state index >= 15 is 0 Å². The molecule has 0 saturated heterocycles. The molecule has 9 heteroatoms. The summed E-state index contributed by atoms with van der Waals surface area (Å²) in [4.78, 5) is 18.9.